The molecular formula is C16H15BrO2. The molecule has 2 rings (SSSR count). The van der Waals surface area contributed by atoms with E-state index in [-0.39, 0.29) is 11.0 Å². The van der Waals surface area contributed by atoms with E-state index in [1.54, 1.807) is 12.1 Å². The van der Waals surface area contributed by atoms with Crippen molar-refractivity contribution in [2.75, 3.05) is 0 Å². The number of carbonyl (C=O) groups excluding carboxylic acids is 1. The van der Waals surface area contributed by atoms with Gasteiger partial charge in [0.25, 0.3) is 0 Å². The number of aryl methyl sites for hydroxylation is 1. The summed E-state index contributed by atoms with van der Waals surface area (Å²) in [4.78, 5) is 11.8. The van der Waals surface area contributed by atoms with Gasteiger partial charge in [0.1, 0.15) is 0 Å². The Labute approximate surface area is 121 Å². The van der Waals surface area contributed by atoms with E-state index in [0.717, 1.165) is 12.8 Å². The van der Waals surface area contributed by atoms with Crippen LogP contribution in [0.5, 0.6) is 0 Å². The van der Waals surface area contributed by atoms with Gasteiger partial charge in [-0.05, 0) is 46.5 Å². The molecular weight excluding hydrogens is 304 g/mol. The molecule has 0 spiro atoms. The van der Waals surface area contributed by atoms with Gasteiger partial charge in [0.15, 0.2) is 5.01 Å². The summed E-state index contributed by atoms with van der Waals surface area (Å²) in [6.45, 7) is 0. The van der Waals surface area contributed by atoms with Gasteiger partial charge >= 0.3 is 5.97 Å². The molecule has 0 aliphatic rings. The predicted octanol–water partition coefficient (Wildman–Crippen LogP) is 4.20. The summed E-state index contributed by atoms with van der Waals surface area (Å²) in [6, 6.07) is 19.2. The zero-order valence-electron chi connectivity index (χ0n) is 10.5. The Balaban J connectivity index is 1.81. The lowest BCUT2D eigenvalue weighted by molar-refractivity contribution is 0.0459. The standard InChI is InChI=1S/C16H15BrO2/c17-15(12-11-13-7-3-1-4-8-13)19-16(18)14-9-5-2-6-10-14/h1-10,15H,11-12H2. The molecule has 0 bridgehead atoms. The third-order valence-electron chi connectivity index (χ3n) is 2.75. The van der Waals surface area contributed by atoms with E-state index in [0.29, 0.717) is 5.56 Å². The van der Waals surface area contributed by atoms with Crippen LogP contribution in [0.3, 0.4) is 0 Å². The number of hydrogen-bond acceptors (Lipinski definition) is 2. The van der Waals surface area contributed by atoms with Gasteiger partial charge in [0, 0.05) is 0 Å². The lowest BCUT2D eigenvalue weighted by Gasteiger charge is -2.11. The van der Waals surface area contributed by atoms with Gasteiger partial charge in [-0.3, -0.25) is 0 Å². The van der Waals surface area contributed by atoms with Crippen molar-refractivity contribution in [1.82, 2.24) is 0 Å². The normalized spacial score (nSPS) is 11.8. The smallest absolute Gasteiger partial charge is 0.339 e. The largest absolute Gasteiger partial charge is 0.447 e. The van der Waals surface area contributed by atoms with Crippen LogP contribution in [0, 0.1) is 0 Å². The highest BCUT2D eigenvalue weighted by molar-refractivity contribution is 9.09. The maximum atomic E-state index is 11.8. The monoisotopic (exact) mass is 318 g/mol. The van der Waals surface area contributed by atoms with E-state index >= 15 is 0 Å². The second kappa shape index (κ2) is 7.10. The number of alkyl halides is 1. The number of rotatable bonds is 5. The van der Waals surface area contributed by atoms with Gasteiger partial charge in [-0.15, -0.1) is 0 Å². The maximum Gasteiger partial charge on any atom is 0.339 e. The molecule has 0 radical (unpaired) electrons. The lowest BCUT2D eigenvalue weighted by Crippen LogP contribution is -2.13. The summed E-state index contributed by atoms with van der Waals surface area (Å²) in [5.74, 6) is -0.296. The first-order valence-corrected chi connectivity index (χ1v) is 7.11. The quantitative estimate of drug-likeness (QED) is 0.610. The number of halogens is 1. The highest BCUT2D eigenvalue weighted by Gasteiger charge is 2.12. The van der Waals surface area contributed by atoms with Crippen molar-refractivity contribution in [2.45, 2.75) is 17.9 Å². The molecule has 1 atom stereocenters. The molecule has 0 saturated carbocycles. The number of hydrogen-bond donors (Lipinski definition) is 0. The van der Waals surface area contributed by atoms with E-state index < -0.39 is 0 Å². The van der Waals surface area contributed by atoms with E-state index in [1.165, 1.54) is 5.56 Å². The molecule has 19 heavy (non-hydrogen) atoms. The number of ether oxygens (including phenoxy) is 1. The molecule has 0 heterocycles. The van der Waals surface area contributed by atoms with Crippen LogP contribution in [-0.4, -0.2) is 11.0 Å². The van der Waals surface area contributed by atoms with Crippen molar-refractivity contribution in [3.8, 4) is 0 Å². The van der Waals surface area contributed by atoms with Crippen LogP contribution in [-0.2, 0) is 11.2 Å². The number of benzene rings is 2. The topological polar surface area (TPSA) is 26.3 Å². The fraction of sp³-hybridized carbons (Fsp3) is 0.188. The fourth-order valence-corrected chi connectivity index (χ4v) is 2.14. The van der Waals surface area contributed by atoms with Crippen LogP contribution < -0.4 is 0 Å². The van der Waals surface area contributed by atoms with Gasteiger partial charge in [0.05, 0.1) is 5.56 Å². The molecule has 2 nitrogen and oxygen atoms in total. The second-order valence-corrected chi connectivity index (χ2v) is 5.23. The molecule has 0 saturated heterocycles. The fourth-order valence-electron chi connectivity index (χ4n) is 1.74. The van der Waals surface area contributed by atoms with Crippen LogP contribution >= 0.6 is 15.9 Å². The summed E-state index contributed by atoms with van der Waals surface area (Å²) in [5.41, 5.74) is 1.81. The van der Waals surface area contributed by atoms with Gasteiger partial charge < -0.3 is 4.74 Å². The minimum Gasteiger partial charge on any atom is -0.447 e. The minimum absolute atomic E-state index is 0.264. The van der Waals surface area contributed by atoms with Gasteiger partial charge in [0.2, 0.25) is 0 Å². The summed E-state index contributed by atoms with van der Waals surface area (Å²) >= 11 is 3.39. The summed E-state index contributed by atoms with van der Waals surface area (Å²) in [6.07, 6.45) is 1.63. The van der Waals surface area contributed by atoms with Crippen LogP contribution in [0.2, 0.25) is 0 Å². The predicted molar refractivity (Wildman–Crippen MR) is 79.3 cm³/mol. The SMILES string of the molecule is O=C(OC(Br)CCc1ccccc1)c1ccccc1. The lowest BCUT2D eigenvalue weighted by atomic mass is 10.1. The molecule has 0 aliphatic heterocycles. The Morgan fingerprint density at radius 1 is 1.00 bits per heavy atom. The Kier molecular flexibility index (Phi) is 5.16. The molecule has 2 aromatic rings. The van der Waals surface area contributed by atoms with Crippen LogP contribution in [0.1, 0.15) is 22.3 Å². The Hall–Kier alpha value is -1.61. The molecule has 2 aromatic carbocycles. The molecule has 0 aliphatic carbocycles. The first-order chi connectivity index (χ1) is 9.25. The zero-order valence-corrected chi connectivity index (χ0v) is 12.0. The third kappa shape index (κ3) is 4.52. The molecule has 1 unspecified atom stereocenters. The van der Waals surface area contributed by atoms with Gasteiger partial charge in [-0.2, -0.15) is 0 Å². The first-order valence-electron chi connectivity index (χ1n) is 6.20. The average molecular weight is 319 g/mol. The third-order valence-corrected chi connectivity index (χ3v) is 3.39. The van der Waals surface area contributed by atoms with Crippen molar-refractivity contribution in [1.29, 1.82) is 0 Å². The summed E-state index contributed by atoms with van der Waals surface area (Å²) in [5, 5.41) is -0.264. The molecule has 98 valence electrons. The van der Waals surface area contributed by atoms with E-state index in [1.807, 2.05) is 36.4 Å². The molecule has 0 fully saturated rings. The van der Waals surface area contributed by atoms with E-state index in [2.05, 4.69) is 28.1 Å². The Morgan fingerprint density at radius 3 is 2.21 bits per heavy atom. The van der Waals surface area contributed by atoms with Crippen LogP contribution in [0.4, 0.5) is 0 Å². The van der Waals surface area contributed by atoms with Gasteiger partial charge in [-0.25, -0.2) is 4.79 Å². The average Bonchev–Trinajstić information content (AvgIpc) is 2.47. The highest BCUT2D eigenvalue weighted by Crippen LogP contribution is 2.14. The minimum atomic E-state index is -0.296. The second-order valence-electron chi connectivity index (χ2n) is 4.21. The van der Waals surface area contributed by atoms with Crippen molar-refractivity contribution in [3.05, 3.63) is 71.8 Å². The van der Waals surface area contributed by atoms with Gasteiger partial charge in [-0.1, -0.05) is 48.5 Å². The molecule has 0 N–H and O–H groups in total. The van der Waals surface area contributed by atoms with Crippen LogP contribution in [0.15, 0.2) is 60.7 Å². The van der Waals surface area contributed by atoms with Crippen LogP contribution in [0.25, 0.3) is 0 Å². The molecule has 0 aromatic heterocycles. The zero-order chi connectivity index (χ0) is 13.5. The molecule has 3 heteroatoms. The summed E-state index contributed by atoms with van der Waals surface area (Å²) < 4.78 is 5.34. The van der Waals surface area contributed by atoms with Crippen molar-refractivity contribution in [3.63, 3.8) is 0 Å². The van der Waals surface area contributed by atoms with Crippen molar-refractivity contribution in [2.24, 2.45) is 0 Å². The molecule has 0 amide bonds. The highest BCUT2D eigenvalue weighted by atomic mass is 79.9. The first kappa shape index (κ1) is 13.8. The van der Waals surface area contributed by atoms with Crippen molar-refractivity contribution >= 4 is 21.9 Å². The Bertz CT molecular complexity index is 511. The van der Waals surface area contributed by atoms with E-state index in [4.69, 9.17) is 4.74 Å². The number of esters is 1. The summed E-state index contributed by atoms with van der Waals surface area (Å²) in [7, 11) is 0. The maximum absolute atomic E-state index is 11.8. The van der Waals surface area contributed by atoms with E-state index in [9.17, 15) is 4.79 Å². The number of carbonyl (C=O) groups is 1. The van der Waals surface area contributed by atoms with Crippen molar-refractivity contribution < 1.29 is 9.53 Å². The Morgan fingerprint density at radius 2 is 1.58 bits per heavy atom.